The molecule has 7 nitrogen and oxygen atoms in total. The van der Waals surface area contributed by atoms with Crippen LogP contribution in [0.5, 0.6) is 17.2 Å². The molecule has 2 atom stereocenters. The van der Waals surface area contributed by atoms with Crippen LogP contribution in [-0.4, -0.2) is 31.6 Å². The summed E-state index contributed by atoms with van der Waals surface area (Å²) >= 11 is 0. The molecule has 40 heavy (non-hydrogen) atoms. The number of hydrogen-bond donors (Lipinski definition) is 0. The van der Waals surface area contributed by atoms with E-state index < -0.39 is 5.41 Å². The maximum Gasteiger partial charge on any atom is 0.333 e. The summed E-state index contributed by atoms with van der Waals surface area (Å²) in [7, 11) is 1.39. The van der Waals surface area contributed by atoms with E-state index in [2.05, 4.69) is 27.7 Å². The van der Waals surface area contributed by atoms with Gasteiger partial charge in [0, 0.05) is 18.1 Å². The molecule has 1 heterocycles. The highest BCUT2D eigenvalue weighted by atomic mass is 16.5. The summed E-state index contributed by atoms with van der Waals surface area (Å²) in [5, 5.41) is 0. The van der Waals surface area contributed by atoms with Crippen molar-refractivity contribution in [1.82, 2.24) is 0 Å². The van der Waals surface area contributed by atoms with E-state index in [4.69, 9.17) is 18.9 Å². The standard InChI is InChI=1S/C21H24O3.C12H16O4/c1-19(2)20(3,4)21(19,5)18(22)24-17-13-9-12-16(14-17)23-15-10-7-6-8-11-15;1-12(2)8(9(12)11(14)15-3)6-7-4-5-16-10(7)13/h6-14H,1-5H3;6,8-9H,4-5H2,1-3H3. The zero-order valence-corrected chi connectivity index (χ0v) is 24.7. The minimum Gasteiger partial charge on any atom is -0.469 e. The van der Waals surface area contributed by atoms with Gasteiger partial charge in [-0.2, -0.15) is 0 Å². The number of rotatable bonds is 6. The molecule has 2 aromatic rings. The molecule has 0 aromatic heterocycles. The van der Waals surface area contributed by atoms with Crippen molar-refractivity contribution in [3.63, 3.8) is 0 Å². The van der Waals surface area contributed by atoms with Gasteiger partial charge in [-0.15, -0.1) is 0 Å². The Hall–Kier alpha value is -3.61. The Morgan fingerprint density at radius 2 is 1.48 bits per heavy atom. The summed E-state index contributed by atoms with van der Waals surface area (Å²) in [6.45, 7) is 14.9. The molecule has 2 unspecified atom stereocenters. The molecule has 0 N–H and O–H groups in total. The molecule has 0 radical (unpaired) electrons. The summed E-state index contributed by atoms with van der Waals surface area (Å²) in [4.78, 5) is 35.5. The molecule has 0 amide bonds. The van der Waals surface area contributed by atoms with E-state index in [0.717, 1.165) is 5.75 Å². The molecular formula is C33H40O7. The van der Waals surface area contributed by atoms with E-state index >= 15 is 0 Å². The van der Waals surface area contributed by atoms with E-state index in [0.29, 0.717) is 30.1 Å². The van der Waals surface area contributed by atoms with E-state index in [-0.39, 0.29) is 46.0 Å². The normalized spacial score (nSPS) is 25.1. The van der Waals surface area contributed by atoms with Gasteiger partial charge in [0.2, 0.25) is 0 Å². The smallest absolute Gasteiger partial charge is 0.333 e. The van der Waals surface area contributed by atoms with Crippen LogP contribution in [-0.2, 0) is 23.9 Å². The first-order valence-electron chi connectivity index (χ1n) is 13.7. The van der Waals surface area contributed by atoms with Crippen LogP contribution in [0.2, 0.25) is 0 Å². The van der Waals surface area contributed by atoms with Gasteiger partial charge in [0.05, 0.1) is 25.0 Å². The van der Waals surface area contributed by atoms with Gasteiger partial charge >= 0.3 is 17.9 Å². The Kier molecular flexibility index (Phi) is 7.65. The molecule has 214 valence electrons. The van der Waals surface area contributed by atoms with Crippen molar-refractivity contribution in [1.29, 1.82) is 0 Å². The molecule has 7 heteroatoms. The zero-order chi connectivity index (χ0) is 29.5. The Bertz CT molecular complexity index is 1310. The quantitative estimate of drug-likeness (QED) is 0.224. The predicted molar refractivity (Wildman–Crippen MR) is 151 cm³/mol. The van der Waals surface area contributed by atoms with Crippen molar-refractivity contribution >= 4 is 17.9 Å². The molecule has 2 saturated carbocycles. The van der Waals surface area contributed by atoms with E-state index in [1.54, 1.807) is 12.1 Å². The summed E-state index contributed by atoms with van der Waals surface area (Å²) in [6.07, 6.45) is 2.54. The second-order valence-electron chi connectivity index (χ2n) is 12.6. The van der Waals surface area contributed by atoms with Crippen molar-refractivity contribution in [2.45, 2.75) is 54.9 Å². The number of ether oxygens (including phenoxy) is 4. The van der Waals surface area contributed by atoms with E-state index in [1.807, 2.05) is 69.3 Å². The van der Waals surface area contributed by atoms with Crippen LogP contribution in [0.15, 0.2) is 66.2 Å². The van der Waals surface area contributed by atoms with Crippen molar-refractivity contribution in [2.75, 3.05) is 13.7 Å². The third-order valence-corrected chi connectivity index (χ3v) is 10.0. The number of allylic oxidation sites excluding steroid dienone is 1. The summed E-state index contributed by atoms with van der Waals surface area (Å²) < 4.78 is 21.1. The zero-order valence-electron chi connectivity index (χ0n) is 24.7. The number of benzene rings is 2. The number of hydrogen-bond acceptors (Lipinski definition) is 7. The Morgan fingerprint density at radius 3 is 2.02 bits per heavy atom. The number of carbonyl (C=O) groups is 3. The van der Waals surface area contributed by atoms with Crippen LogP contribution in [0.1, 0.15) is 54.9 Å². The molecule has 1 saturated heterocycles. The Balaban J connectivity index is 0.000000201. The third-order valence-electron chi connectivity index (χ3n) is 10.0. The van der Waals surface area contributed by atoms with Crippen LogP contribution in [0.3, 0.4) is 0 Å². The van der Waals surface area contributed by atoms with Gasteiger partial charge in [0.25, 0.3) is 0 Å². The fourth-order valence-corrected chi connectivity index (χ4v) is 5.92. The third kappa shape index (κ3) is 5.02. The molecule has 3 fully saturated rings. The second kappa shape index (κ2) is 10.4. The fourth-order valence-electron chi connectivity index (χ4n) is 5.92. The highest BCUT2D eigenvalue weighted by molar-refractivity contribution is 5.91. The summed E-state index contributed by atoms with van der Waals surface area (Å²) in [5.74, 6) is 1.24. The van der Waals surface area contributed by atoms with Gasteiger partial charge in [0.15, 0.2) is 0 Å². The Morgan fingerprint density at radius 1 is 0.875 bits per heavy atom. The molecule has 0 bridgehead atoms. The lowest BCUT2D eigenvalue weighted by molar-refractivity contribution is -0.143. The lowest BCUT2D eigenvalue weighted by Gasteiger charge is -2.15. The Labute approximate surface area is 236 Å². The van der Waals surface area contributed by atoms with Crippen LogP contribution in [0.4, 0.5) is 0 Å². The van der Waals surface area contributed by atoms with Crippen LogP contribution >= 0.6 is 0 Å². The maximum atomic E-state index is 12.7. The summed E-state index contributed by atoms with van der Waals surface area (Å²) in [6, 6.07) is 16.7. The second-order valence-corrected chi connectivity index (χ2v) is 12.6. The SMILES string of the molecule is CC1(C)C(C)(C)C1(C)C(=O)Oc1cccc(Oc2ccccc2)c1.COC(=O)C1C(C=C2CCOC2=O)C1(C)C. The predicted octanol–water partition coefficient (Wildman–Crippen LogP) is 6.76. The number of cyclic esters (lactones) is 1. The van der Waals surface area contributed by atoms with Gasteiger partial charge in [0.1, 0.15) is 17.2 Å². The average Bonchev–Trinajstić information content (AvgIpc) is 3.38. The molecule has 2 aromatic carbocycles. The lowest BCUT2D eigenvalue weighted by atomic mass is 9.98. The van der Waals surface area contributed by atoms with E-state index in [1.165, 1.54) is 7.11 Å². The van der Waals surface area contributed by atoms with Gasteiger partial charge in [-0.05, 0) is 53.4 Å². The minimum atomic E-state index is -0.490. The fraction of sp³-hybridized carbons (Fsp3) is 0.485. The first-order chi connectivity index (χ1) is 18.7. The number of esters is 3. The van der Waals surface area contributed by atoms with Crippen LogP contribution < -0.4 is 9.47 Å². The molecule has 3 aliphatic rings. The van der Waals surface area contributed by atoms with Crippen molar-refractivity contribution < 1.29 is 33.3 Å². The van der Waals surface area contributed by atoms with E-state index in [9.17, 15) is 14.4 Å². The maximum absolute atomic E-state index is 12.7. The van der Waals surface area contributed by atoms with Crippen LogP contribution in [0, 0.1) is 33.5 Å². The van der Waals surface area contributed by atoms with Gasteiger partial charge < -0.3 is 18.9 Å². The highest BCUT2D eigenvalue weighted by Crippen LogP contribution is 2.77. The minimum absolute atomic E-state index is 0.0881. The first kappa shape index (κ1) is 29.4. The molecular weight excluding hydrogens is 508 g/mol. The molecule has 1 aliphatic heterocycles. The van der Waals surface area contributed by atoms with Gasteiger partial charge in [-0.1, -0.05) is 71.9 Å². The molecule has 0 spiro atoms. The molecule has 5 rings (SSSR count). The number of methoxy groups -OCH3 is 1. The van der Waals surface area contributed by atoms with Crippen molar-refractivity contribution in [3.05, 3.63) is 66.2 Å². The summed E-state index contributed by atoms with van der Waals surface area (Å²) in [5.41, 5.74) is -0.0755. The number of carbonyl (C=O) groups excluding carboxylic acids is 3. The number of para-hydroxylation sites is 1. The van der Waals surface area contributed by atoms with Crippen molar-refractivity contribution in [3.8, 4) is 17.2 Å². The lowest BCUT2D eigenvalue weighted by Crippen LogP contribution is -2.25. The average molecular weight is 549 g/mol. The highest BCUT2D eigenvalue weighted by Gasteiger charge is 2.79. The topological polar surface area (TPSA) is 88.1 Å². The monoisotopic (exact) mass is 548 g/mol. The largest absolute Gasteiger partial charge is 0.469 e. The molecule has 2 aliphatic carbocycles. The first-order valence-corrected chi connectivity index (χ1v) is 13.7. The van der Waals surface area contributed by atoms with Gasteiger partial charge in [-0.25, -0.2) is 4.79 Å². The van der Waals surface area contributed by atoms with Gasteiger partial charge in [-0.3, -0.25) is 9.59 Å². The van der Waals surface area contributed by atoms with Crippen LogP contribution in [0.25, 0.3) is 0 Å². The van der Waals surface area contributed by atoms with Crippen molar-refractivity contribution in [2.24, 2.45) is 33.5 Å².